The molecule has 1 aliphatic heterocycles. The molecule has 2 aliphatic rings. The van der Waals surface area contributed by atoms with Crippen LogP contribution >= 0.6 is 11.6 Å². The van der Waals surface area contributed by atoms with Gasteiger partial charge in [0.1, 0.15) is 6.10 Å². The second-order valence-electron chi connectivity index (χ2n) is 10.6. The topological polar surface area (TPSA) is 74.5 Å². The molecular formula is C28H32ClN5O2. The molecule has 36 heavy (non-hydrogen) atoms. The molecule has 5 rings (SSSR count). The first-order chi connectivity index (χ1) is 17.1. The van der Waals surface area contributed by atoms with E-state index in [1.807, 2.05) is 79.9 Å². The van der Waals surface area contributed by atoms with Crippen LogP contribution in [-0.2, 0) is 11.8 Å². The molecule has 3 heterocycles. The minimum absolute atomic E-state index is 0.132. The molecule has 1 saturated heterocycles. The first-order valence-corrected chi connectivity index (χ1v) is 12.7. The number of benzene rings is 1. The lowest BCUT2D eigenvalue weighted by Crippen LogP contribution is -2.52. The Hall–Kier alpha value is -3.00. The Morgan fingerprint density at radius 2 is 1.92 bits per heavy atom. The number of carbonyl (C=O) groups excluding carboxylic acids is 1. The van der Waals surface area contributed by atoms with Crippen LogP contribution < -0.4 is 0 Å². The van der Waals surface area contributed by atoms with Gasteiger partial charge in [0.2, 0.25) is 5.91 Å². The van der Waals surface area contributed by atoms with Crippen LogP contribution in [0.2, 0.25) is 5.02 Å². The molecule has 1 fully saturated rings. The van der Waals surface area contributed by atoms with E-state index in [9.17, 15) is 9.90 Å². The van der Waals surface area contributed by atoms with E-state index in [-0.39, 0.29) is 11.9 Å². The third-order valence-electron chi connectivity index (χ3n) is 7.10. The van der Waals surface area contributed by atoms with Gasteiger partial charge in [-0.15, -0.1) is 0 Å². The van der Waals surface area contributed by atoms with Gasteiger partial charge in [-0.2, -0.15) is 0 Å². The van der Waals surface area contributed by atoms with E-state index in [1.165, 1.54) is 0 Å². The third-order valence-corrected chi connectivity index (χ3v) is 7.33. The van der Waals surface area contributed by atoms with Crippen molar-refractivity contribution in [3.8, 4) is 0 Å². The van der Waals surface area contributed by atoms with Crippen LogP contribution in [0, 0.1) is 5.41 Å². The summed E-state index contributed by atoms with van der Waals surface area (Å²) < 4.78 is 1.83. The van der Waals surface area contributed by atoms with Crippen molar-refractivity contribution in [2.45, 2.75) is 32.9 Å². The van der Waals surface area contributed by atoms with Gasteiger partial charge in [-0.25, -0.2) is 4.98 Å². The summed E-state index contributed by atoms with van der Waals surface area (Å²) in [5.74, 6) is 0.178. The summed E-state index contributed by atoms with van der Waals surface area (Å²) >= 11 is 6.50. The maximum absolute atomic E-state index is 12.9. The fraction of sp³-hybridized carbons (Fsp3) is 0.393. The quantitative estimate of drug-likeness (QED) is 0.573. The van der Waals surface area contributed by atoms with Gasteiger partial charge in [0.05, 0.1) is 30.0 Å². The van der Waals surface area contributed by atoms with Crippen molar-refractivity contribution in [2.24, 2.45) is 12.5 Å². The fourth-order valence-corrected chi connectivity index (χ4v) is 5.41. The molecule has 1 amide bonds. The van der Waals surface area contributed by atoms with Gasteiger partial charge in [0.25, 0.3) is 0 Å². The monoisotopic (exact) mass is 505 g/mol. The number of hydrogen-bond acceptors (Lipinski definition) is 5. The lowest BCUT2D eigenvalue weighted by Gasteiger charge is -2.41. The van der Waals surface area contributed by atoms with Gasteiger partial charge in [0, 0.05) is 49.9 Å². The zero-order valence-electron chi connectivity index (χ0n) is 21.1. The van der Waals surface area contributed by atoms with Crippen LogP contribution in [0.15, 0.2) is 49.1 Å². The van der Waals surface area contributed by atoms with E-state index in [4.69, 9.17) is 16.6 Å². The molecule has 1 unspecified atom stereocenters. The number of halogens is 1. The number of aliphatic hydroxyl groups is 1. The average Bonchev–Trinajstić information content (AvgIpc) is 3.23. The van der Waals surface area contributed by atoms with Crippen LogP contribution in [0.3, 0.4) is 0 Å². The molecule has 7 nitrogen and oxygen atoms in total. The molecule has 0 radical (unpaired) electrons. The second kappa shape index (κ2) is 9.47. The lowest BCUT2D eigenvalue weighted by atomic mass is 9.90. The predicted molar refractivity (Wildman–Crippen MR) is 141 cm³/mol. The predicted octanol–water partition coefficient (Wildman–Crippen LogP) is 4.34. The molecule has 2 atom stereocenters. The van der Waals surface area contributed by atoms with Crippen molar-refractivity contribution in [3.63, 3.8) is 0 Å². The number of piperazine rings is 1. The lowest BCUT2D eigenvalue weighted by molar-refractivity contribution is -0.141. The largest absolute Gasteiger partial charge is 0.382 e. The standard InChI is InChI=1S/C28H32ClN5O2/c1-28(2,3)27(36)34-12-10-33(11-13-34)25-20-8-7-19(29)15-21(20)22(14-18-6-5-9-31-24(18)25)26(35)23-16-30-17-32(23)4/h5-9,14-17,25-26,35H,10-13H2,1-4H3/t25-,26?/m0/s1. The molecule has 0 saturated carbocycles. The second-order valence-corrected chi connectivity index (χ2v) is 11.1. The number of aliphatic hydroxyl groups excluding tert-OH is 1. The highest BCUT2D eigenvalue weighted by Gasteiger charge is 2.36. The average molecular weight is 506 g/mol. The summed E-state index contributed by atoms with van der Waals surface area (Å²) in [5, 5.41) is 12.1. The van der Waals surface area contributed by atoms with Gasteiger partial charge >= 0.3 is 0 Å². The van der Waals surface area contributed by atoms with Gasteiger partial charge in [-0.1, -0.05) is 44.5 Å². The number of aryl methyl sites for hydroxylation is 1. The Labute approximate surface area is 217 Å². The van der Waals surface area contributed by atoms with Crippen LogP contribution in [0.5, 0.6) is 0 Å². The molecule has 188 valence electrons. The van der Waals surface area contributed by atoms with Crippen molar-refractivity contribution in [2.75, 3.05) is 26.2 Å². The van der Waals surface area contributed by atoms with E-state index >= 15 is 0 Å². The number of rotatable bonds is 3. The summed E-state index contributed by atoms with van der Waals surface area (Å²) in [6, 6.07) is 9.70. The molecular weight excluding hydrogens is 474 g/mol. The van der Waals surface area contributed by atoms with E-state index in [0.29, 0.717) is 23.8 Å². The van der Waals surface area contributed by atoms with Gasteiger partial charge in [-0.05, 0) is 46.5 Å². The number of carbonyl (C=O) groups is 1. The number of aromatic nitrogens is 3. The first-order valence-electron chi connectivity index (χ1n) is 12.3. The minimum atomic E-state index is -0.886. The molecule has 1 aromatic carbocycles. The minimum Gasteiger partial charge on any atom is -0.382 e. The van der Waals surface area contributed by atoms with Gasteiger partial charge in [-0.3, -0.25) is 14.7 Å². The molecule has 2 aromatic heterocycles. The molecule has 1 aliphatic carbocycles. The van der Waals surface area contributed by atoms with Crippen molar-refractivity contribution in [3.05, 3.63) is 82.2 Å². The Bertz CT molecular complexity index is 1320. The Morgan fingerprint density at radius 1 is 1.17 bits per heavy atom. The summed E-state index contributed by atoms with van der Waals surface area (Å²) in [5.41, 5.74) is 4.89. The van der Waals surface area contributed by atoms with Crippen molar-refractivity contribution in [1.82, 2.24) is 24.3 Å². The van der Waals surface area contributed by atoms with Crippen LogP contribution in [0.1, 0.15) is 61.0 Å². The van der Waals surface area contributed by atoms with Crippen molar-refractivity contribution in [1.29, 1.82) is 0 Å². The summed E-state index contributed by atoms with van der Waals surface area (Å²) in [6.07, 6.45) is 6.33. The van der Waals surface area contributed by atoms with Crippen LogP contribution in [0.4, 0.5) is 0 Å². The summed E-state index contributed by atoms with van der Waals surface area (Å²) in [6.45, 7) is 8.68. The van der Waals surface area contributed by atoms with Gasteiger partial charge < -0.3 is 14.6 Å². The Morgan fingerprint density at radius 3 is 2.58 bits per heavy atom. The molecule has 0 spiro atoms. The zero-order chi connectivity index (χ0) is 25.6. The van der Waals surface area contributed by atoms with Crippen molar-refractivity contribution < 1.29 is 9.90 Å². The third kappa shape index (κ3) is 4.47. The highest BCUT2D eigenvalue weighted by molar-refractivity contribution is 6.30. The Kier molecular flexibility index (Phi) is 6.49. The first kappa shape index (κ1) is 24.7. The smallest absolute Gasteiger partial charge is 0.228 e. The maximum atomic E-state index is 12.9. The van der Waals surface area contributed by atoms with E-state index in [0.717, 1.165) is 41.0 Å². The van der Waals surface area contributed by atoms with E-state index in [1.54, 1.807) is 12.5 Å². The highest BCUT2D eigenvalue weighted by Crippen LogP contribution is 2.44. The van der Waals surface area contributed by atoms with Crippen molar-refractivity contribution >= 4 is 29.2 Å². The number of hydrogen-bond donors (Lipinski definition) is 1. The number of fused-ring (bicyclic) bond motifs is 2. The number of nitrogens with zero attached hydrogens (tertiary/aromatic N) is 5. The van der Waals surface area contributed by atoms with Crippen LogP contribution in [0.25, 0.3) is 11.6 Å². The zero-order valence-corrected chi connectivity index (χ0v) is 21.9. The number of imidazole rings is 1. The van der Waals surface area contributed by atoms with Gasteiger partial charge in [0.15, 0.2) is 0 Å². The fourth-order valence-electron chi connectivity index (χ4n) is 5.23. The molecule has 3 aromatic rings. The Balaban J connectivity index is 1.58. The highest BCUT2D eigenvalue weighted by atomic mass is 35.5. The SMILES string of the molecule is Cn1cncc1C(O)C1=Cc2cccnc2[C@@H](N2CCN(C(=O)C(C)(C)C)CC2)c2ccc(Cl)cc21. The summed E-state index contributed by atoms with van der Waals surface area (Å²) in [7, 11) is 1.87. The van der Waals surface area contributed by atoms with Crippen LogP contribution in [-0.4, -0.2) is 61.5 Å². The summed E-state index contributed by atoms with van der Waals surface area (Å²) in [4.78, 5) is 26.3. The molecule has 0 bridgehead atoms. The molecule has 8 heteroatoms. The number of pyridine rings is 1. The number of amides is 1. The van der Waals surface area contributed by atoms with E-state index in [2.05, 4.69) is 9.88 Å². The van der Waals surface area contributed by atoms with E-state index < -0.39 is 11.5 Å². The molecule has 1 N–H and O–H groups in total. The maximum Gasteiger partial charge on any atom is 0.228 e. The normalized spacial score (nSPS) is 19.2.